The first-order valence-electron chi connectivity index (χ1n) is 10.8. The largest absolute Gasteiger partial charge is 0.472 e. The van der Waals surface area contributed by atoms with E-state index < -0.39 is 0 Å². The number of fused-ring (bicyclic) bond motifs is 1. The number of benzene rings is 1. The molecular weight excluding hydrogens is 364 g/mol. The Bertz CT molecular complexity index is 861. The molecule has 1 spiro atoms. The van der Waals surface area contributed by atoms with Crippen molar-refractivity contribution in [2.24, 2.45) is 11.8 Å². The number of likely N-dealkylation sites (tertiary alicyclic amines) is 1. The fraction of sp³-hybridized carbons (Fsp3) is 0.542. The van der Waals surface area contributed by atoms with Crippen LogP contribution in [0.1, 0.15) is 54.1 Å². The number of hydrogen-bond acceptors (Lipinski definition) is 4. The molecule has 2 aromatic rings. The van der Waals surface area contributed by atoms with Crippen molar-refractivity contribution in [1.82, 2.24) is 10.2 Å². The smallest absolute Gasteiger partial charge is 0.254 e. The molecule has 3 aliphatic rings. The SMILES string of the molecule is CC(C)c1ccc(CN2C[C@@H]3[C@H](CNC(=O)c4ccoc4)[C@H]4CC[C@]3(C2)O4)cc1. The van der Waals surface area contributed by atoms with Crippen molar-refractivity contribution in [3.63, 3.8) is 0 Å². The van der Waals surface area contributed by atoms with E-state index in [0.29, 0.717) is 29.9 Å². The molecule has 3 fully saturated rings. The van der Waals surface area contributed by atoms with Crippen molar-refractivity contribution in [2.45, 2.75) is 50.9 Å². The van der Waals surface area contributed by atoms with Crippen molar-refractivity contribution >= 4 is 5.91 Å². The van der Waals surface area contributed by atoms with E-state index in [1.165, 1.54) is 23.7 Å². The zero-order valence-electron chi connectivity index (χ0n) is 17.3. The lowest BCUT2D eigenvalue weighted by atomic mass is 9.73. The summed E-state index contributed by atoms with van der Waals surface area (Å²) in [6.07, 6.45) is 5.58. The summed E-state index contributed by atoms with van der Waals surface area (Å²) in [5, 5.41) is 3.11. The maximum atomic E-state index is 12.3. The summed E-state index contributed by atoms with van der Waals surface area (Å²) in [6.45, 7) is 8.17. The average Bonchev–Trinajstić information content (AvgIpc) is 3.47. The number of nitrogens with zero attached hydrogens (tertiary/aromatic N) is 1. The highest BCUT2D eigenvalue weighted by molar-refractivity contribution is 5.93. The molecule has 0 unspecified atom stereocenters. The van der Waals surface area contributed by atoms with Crippen molar-refractivity contribution < 1.29 is 13.9 Å². The van der Waals surface area contributed by atoms with E-state index >= 15 is 0 Å². The zero-order chi connectivity index (χ0) is 20.0. The van der Waals surface area contributed by atoms with Gasteiger partial charge in [-0.1, -0.05) is 38.1 Å². The molecule has 29 heavy (non-hydrogen) atoms. The lowest BCUT2D eigenvalue weighted by Crippen LogP contribution is -2.41. The highest BCUT2D eigenvalue weighted by Crippen LogP contribution is 2.54. The molecule has 0 saturated carbocycles. The third-order valence-corrected chi connectivity index (χ3v) is 7.19. The predicted molar refractivity (Wildman–Crippen MR) is 111 cm³/mol. The Balaban J connectivity index is 1.23. The Morgan fingerprint density at radius 2 is 2.10 bits per heavy atom. The van der Waals surface area contributed by atoms with Gasteiger partial charge in [0.2, 0.25) is 0 Å². The number of rotatable bonds is 6. The fourth-order valence-corrected chi connectivity index (χ4v) is 5.65. The minimum atomic E-state index is -0.0596. The van der Waals surface area contributed by atoms with E-state index in [2.05, 4.69) is 48.3 Å². The molecule has 3 saturated heterocycles. The van der Waals surface area contributed by atoms with Gasteiger partial charge in [-0.05, 0) is 36.0 Å². The molecule has 0 radical (unpaired) electrons. The number of carbonyl (C=O) groups excluding carboxylic acids is 1. The van der Waals surface area contributed by atoms with Gasteiger partial charge in [0.05, 0.1) is 23.5 Å². The van der Waals surface area contributed by atoms with E-state index in [-0.39, 0.29) is 17.6 Å². The van der Waals surface area contributed by atoms with Gasteiger partial charge in [0, 0.05) is 38.0 Å². The summed E-state index contributed by atoms with van der Waals surface area (Å²) in [6, 6.07) is 10.7. The van der Waals surface area contributed by atoms with Crippen LogP contribution in [0.25, 0.3) is 0 Å². The van der Waals surface area contributed by atoms with E-state index in [0.717, 1.165) is 32.5 Å². The van der Waals surface area contributed by atoms with Gasteiger partial charge in [-0.3, -0.25) is 9.69 Å². The van der Waals surface area contributed by atoms with Crippen LogP contribution in [0, 0.1) is 11.8 Å². The van der Waals surface area contributed by atoms with E-state index in [4.69, 9.17) is 9.15 Å². The lowest BCUT2D eigenvalue weighted by molar-refractivity contribution is 0.00212. The third kappa shape index (κ3) is 3.40. The van der Waals surface area contributed by atoms with Crippen molar-refractivity contribution in [1.29, 1.82) is 0 Å². The van der Waals surface area contributed by atoms with Crippen LogP contribution in [0.3, 0.4) is 0 Å². The minimum Gasteiger partial charge on any atom is -0.472 e. The number of amides is 1. The van der Waals surface area contributed by atoms with Gasteiger partial charge in [0.1, 0.15) is 6.26 Å². The molecule has 1 aromatic carbocycles. The van der Waals surface area contributed by atoms with E-state index in [9.17, 15) is 4.79 Å². The highest BCUT2D eigenvalue weighted by Gasteiger charge is 2.62. The number of nitrogens with one attached hydrogen (secondary N) is 1. The first kappa shape index (κ1) is 18.9. The van der Waals surface area contributed by atoms with Crippen molar-refractivity contribution in [2.75, 3.05) is 19.6 Å². The van der Waals surface area contributed by atoms with Gasteiger partial charge in [-0.25, -0.2) is 0 Å². The number of ether oxygens (including phenoxy) is 1. The van der Waals surface area contributed by atoms with Crippen LogP contribution < -0.4 is 5.32 Å². The average molecular weight is 395 g/mol. The molecule has 1 amide bonds. The molecule has 154 valence electrons. The Morgan fingerprint density at radius 3 is 2.83 bits per heavy atom. The van der Waals surface area contributed by atoms with E-state index in [1.54, 1.807) is 6.07 Å². The second-order valence-corrected chi connectivity index (χ2v) is 9.32. The molecule has 4 atom stereocenters. The minimum absolute atomic E-state index is 0.00637. The third-order valence-electron chi connectivity index (χ3n) is 7.19. The summed E-state index contributed by atoms with van der Waals surface area (Å²) in [5.74, 6) is 1.40. The van der Waals surface area contributed by atoms with Gasteiger partial charge < -0.3 is 14.5 Å². The molecule has 0 aliphatic carbocycles. The van der Waals surface area contributed by atoms with Crippen LogP contribution in [-0.4, -0.2) is 42.1 Å². The summed E-state index contributed by atoms with van der Waals surface area (Å²) in [5.41, 5.74) is 3.33. The number of hydrogen-bond donors (Lipinski definition) is 1. The summed E-state index contributed by atoms with van der Waals surface area (Å²) in [4.78, 5) is 14.9. The highest BCUT2D eigenvalue weighted by atomic mass is 16.5. The Morgan fingerprint density at radius 1 is 1.28 bits per heavy atom. The Kier molecular flexibility index (Phi) is 4.75. The molecule has 1 aromatic heterocycles. The van der Waals surface area contributed by atoms with E-state index in [1.807, 2.05) is 0 Å². The van der Waals surface area contributed by atoms with Crippen molar-refractivity contribution in [3.8, 4) is 0 Å². The standard InChI is InChI=1S/C24H30N2O3/c1-16(2)18-5-3-17(4-6-18)12-26-13-21-20(22-7-9-24(21,15-26)29-22)11-25-23(27)19-8-10-28-14-19/h3-6,8,10,14,16,20-22H,7,9,11-13,15H2,1-2H3,(H,25,27)/t20-,21+,22+,24+/m0/s1. The number of carbonyl (C=O) groups is 1. The van der Waals surface area contributed by atoms with Gasteiger partial charge >= 0.3 is 0 Å². The normalized spacial score (nSPS) is 30.8. The van der Waals surface area contributed by atoms with Gasteiger partial charge in [0.15, 0.2) is 0 Å². The van der Waals surface area contributed by atoms with Gasteiger partial charge in [-0.15, -0.1) is 0 Å². The monoisotopic (exact) mass is 394 g/mol. The molecular formula is C24H30N2O3. The zero-order valence-corrected chi connectivity index (χ0v) is 17.3. The van der Waals surface area contributed by atoms with Crippen LogP contribution in [0.15, 0.2) is 47.3 Å². The van der Waals surface area contributed by atoms with Crippen LogP contribution >= 0.6 is 0 Å². The van der Waals surface area contributed by atoms with Gasteiger partial charge in [0.25, 0.3) is 5.91 Å². The van der Waals surface area contributed by atoms with Crippen molar-refractivity contribution in [3.05, 3.63) is 59.5 Å². The molecule has 4 heterocycles. The van der Waals surface area contributed by atoms with Crippen LogP contribution in [0.5, 0.6) is 0 Å². The lowest BCUT2D eigenvalue weighted by Gasteiger charge is -2.29. The second-order valence-electron chi connectivity index (χ2n) is 9.32. The maximum absolute atomic E-state index is 12.3. The molecule has 2 bridgehead atoms. The first-order chi connectivity index (χ1) is 14.0. The maximum Gasteiger partial charge on any atom is 0.254 e. The molecule has 5 rings (SSSR count). The molecule has 5 heteroatoms. The first-order valence-corrected chi connectivity index (χ1v) is 10.8. The van der Waals surface area contributed by atoms with Crippen LogP contribution in [0.4, 0.5) is 0 Å². The quantitative estimate of drug-likeness (QED) is 0.809. The molecule has 3 aliphatic heterocycles. The van der Waals surface area contributed by atoms with Gasteiger partial charge in [-0.2, -0.15) is 0 Å². The fourth-order valence-electron chi connectivity index (χ4n) is 5.65. The summed E-state index contributed by atoms with van der Waals surface area (Å²) in [7, 11) is 0. The summed E-state index contributed by atoms with van der Waals surface area (Å²) >= 11 is 0. The second kappa shape index (κ2) is 7.29. The summed E-state index contributed by atoms with van der Waals surface area (Å²) < 4.78 is 11.6. The molecule has 1 N–H and O–H groups in total. The topological polar surface area (TPSA) is 54.7 Å². The van der Waals surface area contributed by atoms with Crippen LogP contribution in [0.2, 0.25) is 0 Å². The molecule has 5 nitrogen and oxygen atoms in total. The number of furan rings is 1. The van der Waals surface area contributed by atoms with Crippen LogP contribution in [-0.2, 0) is 11.3 Å². The predicted octanol–water partition coefficient (Wildman–Crippen LogP) is 3.81. The Labute approximate surface area is 172 Å². The Hall–Kier alpha value is -2.11.